The van der Waals surface area contributed by atoms with E-state index < -0.39 is 0 Å². The van der Waals surface area contributed by atoms with Gasteiger partial charge in [0.2, 0.25) is 0 Å². The third-order valence-electron chi connectivity index (χ3n) is 6.90. The van der Waals surface area contributed by atoms with E-state index in [0.29, 0.717) is 54.3 Å². The molecule has 3 heterocycles. The van der Waals surface area contributed by atoms with Gasteiger partial charge in [-0.1, -0.05) is 6.07 Å². The van der Waals surface area contributed by atoms with Crippen LogP contribution in [0.2, 0.25) is 0 Å². The van der Waals surface area contributed by atoms with Crippen molar-refractivity contribution in [2.45, 2.75) is 31.9 Å². The van der Waals surface area contributed by atoms with Crippen LogP contribution in [0.1, 0.15) is 24.0 Å². The summed E-state index contributed by atoms with van der Waals surface area (Å²) in [6.07, 6.45) is 2.30. The van der Waals surface area contributed by atoms with Crippen molar-refractivity contribution in [3.05, 3.63) is 41.2 Å². The van der Waals surface area contributed by atoms with Crippen molar-refractivity contribution in [2.24, 2.45) is 11.8 Å². The predicted molar refractivity (Wildman–Crippen MR) is 118 cm³/mol. The first-order valence-electron chi connectivity index (χ1n) is 11.3. The first-order chi connectivity index (χ1) is 15.6. The molecular weight excluding hydrogens is 409 g/mol. The lowest BCUT2D eigenvalue weighted by molar-refractivity contribution is -0.0964. The quantitative estimate of drug-likeness (QED) is 0.770. The van der Waals surface area contributed by atoms with E-state index in [-0.39, 0.29) is 18.0 Å². The lowest BCUT2D eigenvalue weighted by Gasteiger charge is -2.28. The van der Waals surface area contributed by atoms with Gasteiger partial charge in [0.15, 0.2) is 5.82 Å². The van der Waals surface area contributed by atoms with Gasteiger partial charge in [0.05, 0.1) is 37.2 Å². The maximum Gasteiger partial charge on any atom is 0.166 e. The van der Waals surface area contributed by atoms with E-state index in [4.69, 9.17) is 9.47 Å². The van der Waals surface area contributed by atoms with Gasteiger partial charge < -0.3 is 19.7 Å². The van der Waals surface area contributed by atoms with Gasteiger partial charge >= 0.3 is 0 Å². The molecule has 5 rings (SSSR count). The molecule has 8 heteroatoms. The standard InChI is InChI=1S/C24H28FN5O2/c1-15-2-3-19(25)9-22(15)23-8-16(10-26)24(29-28-23)27-20-6-17-11-30(12-18(17)7-20)13-21-14-31-4-5-32-21/h2-3,8-9,17-18,20-21H,4-7,11-14H2,1H3,(H,27,29)/t17-,18+,20?,21-/m1/s1. The Hall–Kier alpha value is -2.60. The van der Waals surface area contributed by atoms with Crippen LogP contribution in [0, 0.1) is 35.9 Å². The number of hydrogen-bond donors (Lipinski definition) is 1. The molecular formula is C24H28FN5O2. The highest BCUT2D eigenvalue weighted by Crippen LogP contribution is 2.39. The van der Waals surface area contributed by atoms with Crippen LogP contribution in [0.3, 0.4) is 0 Å². The number of benzene rings is 1. The molecule has 0 radical (unpaired) electrons. The Bertz CT molecular complexity index is 1010. The van der Waals surface area contributed by atoms with Crippen molar-refractivity contribution in [3.63, 3.8) is 0 Å². The second-order valence-corrected chi connectivity index (χ2v) is 9.18. The molecule has 7 nitrogen and oxygen atoms in total. The number of likely N-dealkylation sites (tertiary alicyclic amines) is 1. The molecule has 1 aliphatic carbocycles. The molecule has 168 valence electrons. The summed E-state index contributed by atoms with van der Waals surface area (Å²) in [5, 5.41) is 21.7. The van der Waals surface area contributed by atoms with E-state index in [1.54, 1.807) is 12.1 Å². The lowest BCUT2D eigenvalue weighted by atomic mass is 10.0. The van der Waals surface area contributed by atoms with Crippen molar-refractivity contribution in [1.82, 2.24) is 15.1 Å². The van der Waals surface area contributed by atoms with Crippen molar-refractivity contribution in [3.8, 4) is 17.3 Å². The number of nitrogens with zero attached hydrogens (tertiary/aromatic N) is 4. The summed E-state index contributed by atoms with van der Waals surface area (Å²) >= 11 is 0. The number of halogens is 1. The molecule has 2 aliphatic heterocycles. The maximum atomic E-state index is 13.7. The van der Waals surface area contributed by atoms with Crippen LogP contribution >= 0.6 is 0 Å². The molecule has 4 atom stereocenters. The predicted octanol–water partition coefficient (Wildman–Crippen LogP) is 3.00. The molecule has 3 aliphatic rings. The number of nitrogens with one attached hydrogen (secondary N) is 1. The van der Waals surface area contributed by atoms with Crippen molar-refractivity contribution >= 4 is 5.82 Å². The Morgan fingerprint density at radius 2 is 2.00 bits per heavy atom. The number of aryl methyl sites for hydroxylation is 1. The van der Waals surface area contributed by atoms with Crippen LogP contribution in [-0.2, 0) is 9.47 Å². The van der Waals surface area contributed by atoms with Gasteiger partial charge in [-0.3, -0.25) is 0 Å². The zero-order chi connectivity index (χ0) is 22.1. The van der Waals surface area contributed by atoms with Crippen LogP contribution in [0.4, 0.5) is 10.2 Å². The van der Waals surface area contributed by atoms with Gasteiger partial charge in [0.1, 0.15) is 11.9 Å². The van der Waals surface area contributed by atoms with E-state index in [2.05, 4.69) is 26.5 Å². The minimum atomic E-state index is -0.331. The highest BCUT2D eigenvalue weighted by molar-refractivity contribution is 5.67. The minimum Gasteiger partial charge on any atom is -0.376 e. The van der Waals surface area contributed by atoms with Gasteiger partial charge in [0, 0.05) is 31.2 Å². The Morgan fingerprint density at radius 3 is 2.72 bits per heavy atom. The fourth-order valence-corrected chi connectivity index (χ4v) is 5.37. The molecule has 0 amide bonds. The number of aromatic nitrogens is 2. The van der Waals surface area contributed by atoms with E-state index in [0.717, 1.165) is 38.0 Å². The SMILES string of the molecule is Cc1ccc(F)cc1-c1cc(C#N)c(NC2C[C@@H]3CN(C[C@@H]4COCCO4)C[C@@H]3C2)nn1. The second kappa shape index (κ2) is 9.10. The summed E-state index contributed by atoms with van der Waals surface area (Å²) < 4.78 is 25.0. The third-order valence-corrected chi connectivity index (χ3v) is 6.90. The Labute approximate surface area is 187 Å². The first-order valence-corrected chi connectivity index (χ1v) is 11.3. The van der Waals surface area contributed by atoms with Gasteiger partial charge in [-0.15, -0.1) is 10.2 Å². The molecule has 3 fully saturated rings. The summed E-state index contributed by atoms with van der Waals surface area (Å²) in [4.78, 5) is 2.50. The van der Waals surface area contributed by atoms with E-state index in [1.165, 1.54) is 12.1 Å². The molecule has 1 unspecified atom stereocenters. The molecule has 0 spiro atoms. The summed E-state index contributed by atoms with van der Waals surface area (Å²) in [5.41, 5.74) is 2.50. The monoisotopic (exact) mass is 437 g/mol. The highest BCUT2D eigenvalue weighted by Gasteiger charge is 2.41. The normalized spacial score (nSPS) is 27.8. The fraction of sp³-hybridized carbons (Fsp3) is 0.542. The van der Waals surface area contributed by atoms with Gasteiger partial charge in [0.25, 0.3) is 0 Å². The fourth-order valence-electron chi connectivity index (χ4n) is 5.37. The molecule has 1 N–H and O–H groups in total. The average Bonchev–Trinajstić information content (AvgIpc) is 3.34. The number of fused-ring (bicyclic) bond motifs is 1. The Morgan fingerprint density at radius 1 is 1.19 bits per heavy atom. The van der Waals surface area contributed by atoms with Gasteiger partial charge in [-0.25, -0.2) is 4.39 Å². The largest absolute Gasteiger partial charge is 0.376 e. The molecule has 2 saturated heterocycles. The van der Waals surface area contributed by atoms with Crippen molar-refractivity contribution < 1.29 is 13.9 Å². The summed E-state index contributed by atoms with van der Waals surface area (Å²) in [7, 11) is 0. The maximum absolute atomic E-state index is 13.7. The topological polar surface area (TPSA) is 83.3 Å². The van der Waals surface area contributed by atoms with Crippen molar-refractivity contribution in [1.29, 1.82) is 5.26 Å². The summed E-state index contributed by atoms with van der Waals surface area (Å²) in [5.74, 6) is 1.47. The molecule has 0 bridgehead atoms. The number of anilines is 1. The first kappa shape index (κ1) is 21.3. The third kappa shape index (κ3) is 4.46. The Kier molecular flexibility index (Phi) is 6.05. The zero-order valence-corrected chi connectivity index (χ0v) is 18.3. The second-order valence-electron chi connectivity index (χ2n) is 9.18. The lowest BCUT2D eigenvalue weighted by Crippen LogP contribution is -2.39. The smallest absolute Gasteiger partial charge is 0.166 e. The van der Waals surface area contributed by atoms with Crippen molar-refractivity contribution in [2.75, 3.05) is 44.8 Å². The molecule has 32 heavy (non-hydrogen) atoms. The average molecular weight is 438 g/mol. The zero-order valence-electron chi connectivity index (χ0n) is 18.3. The van der Waals surface area contributed by atoms with E-state index in [9.17, 15) is 9.65 Å². The molecule has 1 aromatic heterocycles. The summed E-state index contributed by atoms with van der Waals surface area (Å²) in [6.45, 7) is 7.08. The number of hydrogen-bond acceptors (Lipinski definition) is 7. The Balaban J connectivity index is 1.21. The van der Waals surface area contributed by atoms with Crippen LogP contribution in [0.5, 0.6) is 0 Å². The highest BCUT2D eigenvalue weighted by atomic mass is 19.1. The van der Waals surface area contributed by atoms with Crippen LogP contribution in [0.15, 0.2) is 24.3 Å². The number of rotatable bonds is 5. The molecule has 1 aromatic carbocycles. The van der Waals surface area contributed by atoms with E-state index >= 15 is 0 Å². The van der Waals surface area contributed by atoms with Crippen LogP contribution in [0.25, 0.3) is 11.3 Å². The molecule has 2 aromatic rings. The van der Waals surface area contributed by atoms with Crippen LogP contribution < -0.4 is 5.32 Å². The number of nitriles is 1. The van der Waals surface area contributed by atoms with Gasteiger partial charge in [-0.05, 0) is 55.4 Å². The minimum absolute atomic E-state index is 0.185. The van der Waals surface area contributed by atoms with Crippen LogP contribution in [-0.4, -0.2) is 66.7 Å². The summed E-state index contributed by atoms with van der Waals surface area (Å²) in [6, 6.07) is 8.76. The van der Waals surface area contributed by atoms with E-state index in [1.807, 2.05) is 6.92 Å². The van der Waals surface area contributed by atoms with Gasteiger partial charge in [-0.2, -0.15) is 5.26 Å². The molecule has 1 saturated carbocycles. The number of ether oxygens (including phenoxy) is 2.